The molecule has 1 aliphatic carbocycles. The Morgan fingerprint density at radius 3 is 2.69 bits per heavy atom. The topological polar surface area (TPSA) is 72.4 Å². The summed E-state index contributed by atoms with van der Waals surface area (Å²) >= 11 is 0. The molecule has 26 heavy (non-hydrogen) atoms. The van der Waals surface area contributed by atoms with Crippen molar-refractivity contribution in [3.63, 3.8) is 0 Å². The van der Waals surface area contributed by atoms with E-state index in [0.717, 1.165) is 5.56 Å². The zero-order valence-corrected chi connectivity index (χ0v) is 16.1. The highest BCUT2D eigenvalue weighted by Gasteiger charge is 2.53. The summed E-state index contributed by atoms with van der Waals surface area (Å²) in [6, 6.07) is 8.10. The van der Waals surface area contributed by atoms with E-state index in [1.165, 1.54) is 23.7 Å². The number of urea groups is 1. The molecule has 1 aromatic heterocycles. The van der Waals surface area contributed by atoms with Crippen molar-refractivity contribution in [2.24, 2.45) is 18.4 Å². The number of carbonyl (C=O) groups excluding carboxylic acids is 2. The lowest BCUT2D eigenvalue weighted by molar-refractivity contribution is -0.158. The Balaban J connectivity index is 1.56. The average Bonchev–Trinajstić information content (AvgIpc) is 2.89. The molecule has 1 heterocycles. The molecule has 0 spiro atoms. The number of fused-ring (bicyclic) bond motifs is 1. The SMILES string of the molecule is COC(=O)[C@H]1C[C@@H](NC(=O)NCc2ccc3c(c2)cc(C)n3C)C1(C)C. The number of hydrogen-bond acceptors (Lipinski definition) is 3. The van der Waals surface area contributed by atoms with Crippen LogP contribution >= 0.6 is 0 Å². The van der Waals surface area contributed by atoms with Crippen LogP contribution in [0.2, 0.25) is 0 Å². The van der Waals surface area contributed by atoms with Gasteiger partial charge in [-0.3, -0.25) is 4.79 Å². The van der Waals surface area contributed by atoms with Gasteiger partial charge in [0, 0.05) is 36.2 Å². The van der Waals surface area contributed by atoms with E-state index in [0.29, 0.717) is 13.0 Å². The third-order valence-corrected chi connectivity index (χ3v) is 5.86. The van der Waals surface area contributed by atoms with Gasteiger partial charge in [-0.2, -0.15) is 0 Å². The molecule has 0 aliphatic heterocycles. The summed E-state index contributed by atoms with van der Waals surface area (Å²) in [5.41, 5.74) is 3.14. The van der Waals surface area contributed by atoms with Gasteiger partial charge < -0.3 is 19.9 Å². The number of aryl methyl sites for hydroxylation is 2. The first kappa shape index (κ1) is 18.3. The van der Waals surface area contributed by atoms with Gasteiger partial charge in [-0.1, -0.05) is 19.9 Å². The largest absolute Gasteiger partial charge is 0.469 e. The molecule has 2 aromatic rings. The molecule has 2 atom stereocenters. The zero-order chi connectivity index (χ0) is 19.1. The number of amides is 2. The summed E-state index contributed by atoms with van der Waals surface area (Å²) in [6.45, 7) is 6.50. The number of carbonyl (C=O) groups is 2. The van der Waals surface area contributed by atoms with Crippen LogP contribution in [0.3, 0.4) is 0 Å². The lowest BCUT2D eigenvalue weighted by Crippen LogP contribution is -2.61. The van der Waals surface area contributed by atoms with E-state index in [9.17, 15) is 9.59 Å². The average molecular weight is 357 g/mol. The van der Waals surface area contributed by atoms with Crippen LogP contribution in [-0.2, 0) is 23.1 Å². The molecule has 6 heteroatoms. The minimum Gasteiger partial charge on any atom is -0.469 e. The Morgan fingerprint density at radius 1 is 1.31 bits per heavy atom. The maximum Gasteiger partial charge on any atom is 0.315 e. The summed E-state index contributed by atoms with van der Waals surface area (Å²) in [5.74, 6) is -0.374. The number of nitrogens with one attached hydrogen (secondary N) is 2. The number of esters is 1. The highest BCUT2D eigenvalue weighted by Crippen LogP contribution is 2.46. The zero-order valence-electron chi connectivity index (χ0n) is 16.1. The quantitative estimate of drug-likeness (QED) is 0.827. The molecular weight excluding hydrogens is 330 g/mol. The summed E-state index contributed by atoms with van der Waals surface area (Å²) in [5, 5.41) is 7.05. The molecule has 0 saturated heterocycles. The smallest absolute Gasteiger partial charge is 0.315 e. The van der Waals surface area contributed by atoms with Crippen molar-refractivity contribution < 1.29 is 14.3 Å². The Labute approximate surface area is 153 Å². The van der Waals surface area contributed by atoms with Crippen LogP contribution in [-0.4, -0.2) is 29.7 Å². The molecule has 1 aliphatic rings. The monoisotopic (exact) mass is 357 g/mol. The summed E-state index contributed by atoms with van der Waals surface area (Å²) in [4.78, 5) is 24.0. The van der Waals surface area contributed by atoms with Crippen LogP contribution in [0.4, 0.5) is 4.79 Å². The Hall–Kier alpha value is -2.50. The molecular formula is C20H27N3O3. The lowest BCUT2D eigenvalue weighted by atomic mass is 9.58. The lowest BCUT2D eigenvalue weighted by Gasteiger charge is -2.50. The number of aromatic nitrogens is 1. The van der Waals surface area contributed by atoms with E-state index >= 15 is 0 Å². The van der Waals surface area contributed by atoms with E-state index < -0.39 is 0 Å². The molecule has 2 N–H and O–H groups in total. The fourth-order valence-corrected chi connectivity index (χ4v) is 3.75. The molecule has 2 amide bonds. The number of benzene rings is 1. The first-order valence-electron chi connectivity index (χ1n) is 8.91. The van der Waals surface area contributed by atoms with Crippen molar-refractivity contribution in [3.05, 3.63) is 35.5 Å². The fourth-order valence-electron chi connectivity index (χ4n) is 3.75. The molecule has 0 radical (unpaired) electrons. The number of hydrogen-bond donors (Lipinski definition) is 2. The van der Waals surface area contributed by atoms with Gasteiger partial charge in [0.1, 0.15) is 0 Å². The summed E-state index contributed by atoms with van der Waals surface area (Å²) in [7, 11) is 3.45. The van der Waals surface area contributed by atoms with Crippen LogP contribution in [0.1, 0.15) is 31.5 Å². The molecule has 1 aromatic carbocycles. The summed E-state index contributed by atoms with van der Waals surface area (Å²) < 4.78 is 6.97. The second-order valence-corrected chi connectivity index (χ2v) is 7.75. The third-order valence-electron chi connectivity index (χ3n) is 5.86. The van der Waals surface area contributed by atoms with Crippen molar-refractivity contribution in [2.75, 3.05) is 7.11 Å². The third kappa shape index (κ3) is 3.16. The van der Waals surface area contributed by atoms with Gasteiger partial charge in [0.2, 0.25) is 0 Å². The van der Waals surface area contributed by atoms with Gasteiger partial charge in [0.15, 0.2) is 0 Å². The number of methoxy groups -OCH3 is 1. The predicted molar refractivity (Wildman–Crippen MR) is 101 cm³/mol. The Kier molecular flexibility index (Phi) is 4.69. The number of ether oxygens (including phenoxy) is 1. The second-order valence-electron chi connectivity index (χ2n) is 7.75. The van der Waals surface area contributed by atoms with Crippen LogP contribution in [0.5, 0.6) is 0 Å². The highest BCUT2D eigenvalue weighted by atomic mass is 16.5. The van der Waals surface area contributed by atoms with Crippen LogP contribution in [0.15, 0.2) is 24.3 Å². The molecule has 3 rings (SSSR count). The normalized spacial score (nSPS) is 21.1. The standard InChI is InChI=1S/C20H27N3O3/c1-12-8-14-9-13(6-7-16(14)23(12)4)11-21-19(25)22-17-10-15(18(24)26-5)20(17,2)3/h6-9,15,17H,10-11H2,1-5H3,(H2,21,22,25)/t15-,17-/m1/s1. The number of nitrogens with zero attached hydrogens (tertiary/aromatic N) is 1. The van der Waals surface area contributed by atoms with E-state index in [2.05, 4.69) is 40.3 Å². The fraction of sp³-hybridized carbons (Fsp3) is 0.500. The first-order valence-corrected chi connectivity index (χ1v) is 8.91. The molecule has 0 bridgehead atoms. The second kappa shape index (κ2) is 6.67. The maximum atomic E-state index is 12.2. The molecule has 1 saturated carbocycles. The van der Waals surface area contributed by atoms with Gasteiger partial charge in [-0.25, -0.2) is 4.79 Å². The van der Waals surface area contributed by atoms with Gasteiger partial charge >= 0.3 is 12.0 Å². The van der Waals surface area contributed by atoms with Crippen LogP contribution in [0, 0.1) is 18.3 Å². The molecule has 140 valence electrons. The highest BCUT2D eigenvalue weighted by molar-refractivity contribution is 5.82. The first-order chi connectivity index (χ1) is 12.2. The van der Waals surface area contributed by atoms with Crippen LogP contribution in [0.25, 0.3) is 10.9 Å². The van der Waals surface area contributed by atoms with E-state index in [1.54, 1.807) is 0 Å². The maximum absolute atomic E-state index is 12.2. The van der Waals surface area contributed by atoms with E-state index in [-0.39, 0.29) is 29.4 Å². The van der Waals surface area contributed by atoms with Gasteiger partial charge in [-0.15, -0.1) is 0 Å². The molecule has 1 fully saturated rings. The van der Waals surface area contributed by atoms with Crippen molar-refractivity contribution in [2.45, 2.75) is 39.8 Å². The predicted octanol–water partition coefficient (Wildman–Crippen LogP) is 2.87. The van der Waals surface area contributed by atoms with E-state index in [4.69, 9.17) is 4.74 Å². The number of rotatable bonds is 4. The molecule has 6 nitrogen and oxygen atoms in total. The van der Waals surface area contributed by atoms with Crippen molar-refractivity contribution in [3.8, 4) is 0 Å². The minimum absolute atomic E-state index is 0.0362. The van der Waals surface area contributed by atoms with Gasteiger partial charge in [0.05, 0.1) is 13.0 Å². The van der Waals surface area contributed by atoms with Gasteiger partial charge in [0.25, 0.3) is 0 Å². The Bertz CT molecular complexity index is 853. The summed E-state index contributed by atoms with van der Waals surface area (Å²) in [6.07, 6.45) is 0.613. The molecule has 0 unspecified atom stereocenters. The van der Waals surface area contributed by atoms with Crippen molar-refractivity contribution in [1.29, 1.82) is 0 Å². The van der Waals surface area contributed by atoms with Crippen molar-refractivity contribution >= 4 is 22.9 Å². The van der Waals surface area contributed by atoms with Gasteiger partial charge in [-0.05, 0) is 42.5 Å². The minimum atomic E-state index is -0.301. The van der Waals surface area contributed by atoms with Crippen LogP contribution < -0.4 is 10.6 Å². The van der Waals surface area contributed by atoms with E-state index in [1.807, 2.05) is 27.0 Å². The Morgan fingerprint density at radius 2 is 2.04 bits per heavy atom. The van der Waals surface area contributed by atoms with Crippen molar-refractivity contribution in [1.82, 2.24) is 15.2 Å².